The van der Waals surface area contributed by atoms with Gasteiger partial charge in [0, 0.05) is 6.20 Å². The molecule has 2 rings (SSSR count). The maximum Gasteiger partial charge on any atom is 0.338 e. The van der Waals surface area contributed by atoms with Gasteiger partial charge in [-0.3, -0.25) is 0 Å². The van der Waals surface area contributed by atoms with Crippen LogP contribution in [-0.4, -0.2) is 20.9 Å². The van der Waals surface area contributed by atoms with Crippen LogP contribution in [0.3, 0.4) is 0 Å². The summed E-state index contributed by atoms with van der Waals surface area (Å²) in [5, 5.41) is 23.6. The van der Waals surface area contributed by atoms with Crippen LogP contribution < -0.4 is 5.11 Å². The zero-order chi connectivity index (χ0) is 10.8. The fraction of sp³-hybridized carbons (Fsp3) is 0. The van der Waals surface area contributed by atoms with E-state index in [1.54, 1.807) is 12.1 Å². The molecule has 15 heavy (non-hydrogen) atoms. The van der Waals surface area contributed by atoms with Gasteiger partial charge in [0.2, 0.25) is 0 Å². The summed E-state index contributed by atoms with van der Waals surface area (Å²) in [6, 6.07) is 6.09. The van der Waals surface area contributed by atoms with E-state index in [4.69, 9.17) is 5.11 Å². The number of carboxylic acids is 1. The van der Waals surface area contributed by atoms with Crippen LogP contribution in [0.25, 0.3) is 5.69 Å². The van der Waals surface area contributed by atoms with Crippen LogP contribution in [0.5, 0.6) is 5.75 Å². The van der Waals surface area contributed by atoms with Gasteiger partial charge in [0.25, 0.3) is 0 Å². The number of carboxylic acid groups (broad SMARTS) is 1. The van der Waals surface area contributed by atoms with Crippen molar-refractivity contribution >= 4 is 5.97 Å². The minimum Gasteiger partial charge on any atom is -0.872 e. The average Bonchev–Trinajstić information content (AvgIpc) is 2.66. The van der Waals surface area contributed by atoms with E-state index in [0.29, 0.717) is 5.69 Å². The number of carbonyl (C=O) groups is 1. The SMILES string of the molecule is O=C(O)c1cnn(-c2cccc([O-])c2)c1. The zero-order valence-corrected chi connectivity index (χ0v) is 7.62. The van der Waals surface area contributed by atoms with E-state index in [1.807, 2.05) is 0 Å². The average molecular weight is 203 g/mol. The van der Waals surface area contributed by atoms with Crippen molar-refractivity contribution in [2.24, 2.45) is 0 Å². The van der Waals surface area contributed by atoms with E-state index >= 15 is 0 Å². The van der Waals surface area contributed by atoms with Crippen LogP contribution in [-0.2, 0) is 0 Å². The molecule has 0 bridgehead atoms. The molecule has 1 heterocycles. The van der Waals surface area contributed by atoms with Crippen molar-refractivity contribution in [3.63, 3.8) is 0 Å². The molecule has 0 saturated carbocycles. The molecule has 0 radical (unpaired) electrons. The van der Waals surface area contributed by atoms with Gasteiger partial charge in [0.1, 0.15) is 0 Å². The van der Waals surface area contributed by atoms with Crippen LogP contribution in [0.2, 0.25) is 0 Å². The zero-order valence-electron chi connectivity index (χ0n) is 7.62. The quantitative estimate of drug-likeness (QED) is 0.777. The Balaban J connectivity index is 2.41. The Morgan fingerprint density at radius 3 is 2.87 bits per heavy atom. The molecule has 0 atom stereocenters. The van der Waals surface area contributed by atoms with E-state index in [9.17, 15) is 9.90 Å². The molecule has 1 N–H and O–H groups in total. The van der Waals surface area contributed by atoms with E-state index < -0.39 is 5.97 Å². The minimum atomic E-state index is -1.04. The normalized spacial score (nSPS) is 10.1. The molecule has 0 saturated heterocycles. The van der Waals surface area contributed by atoms with Crippen LogP contribution >= 0.6 is 0 Å². The van der Waals surface area contributed by atoms with Gasteiger partial charge in [-0.2, -0.15) is 5.10 Å². The largest absolute Gasteiger partial charge is 0.872 e. The smallest absolute Gasteiger partial charge is 0.338 e. The van der Waals surface area contributed by atoms with Crippen molar-refractivity contribution in [2.45, 2.75) is 0 Å². The van der Waals surface area contributed by atoms with Crippen LogP contribution in [0, 0.1) is 0 Å². The first-order valence-corrected chi connectivity index (χ1v) is 4.22. The lowest BCUT2D eigenvalue weighted by Crippen LogP contribution is -1.97. The predicted octanol–water partition coefficient (Wildman–Crippen LogP) is 0.644. The number of aromatic carboxylic acids is 1. The van der Waals surface area contributed by atoms with Gasteiger partial charge in [-0.05, 0) is 12.1 Å². The fourth-order valence-corrected chi connectivity index (χ4v) is 1.20. The number of nitrogens with zero attached hydrogens (tertiary/aromatic N) is 2. The summed E-state index contributed by atoms with van der Waals surface area (Å²) in [7, 11) is 0. The first-order valence-electron chi connectivity index (χ1n) is 4.22. The monoisotopic (exact) mass is 203 g/mol. The van der Waals surface area contributed by atoms with Crippen molar-refractivity contribution < 1.29 is 15.0 Å². The second-order valence-corrected chi connectivity index (χ2v) is 2.98. The number of aromatic nitrogens is 2. The topological polar surface area (TPSA) is 78.2 Å². The van der Waals surface area contributed by atoms with Crippen LogP contribution in [0.15, 0.2) is 36.7 Å². The molecule has 0 aliphatic carbocycles. The molecule has 76 valence electrons. The molecule has 5 nitrogen and oxygen atoms in total. The summed E-state index contributed by atoms with van der Waals surface area (Å²) in [5.41, 5.74) is 0.640. The van der Waals surface area contributed by atoms with Crippen LogP contribution in [0.1, 0.15) is 10.4 Å². The predicted molar refractivity (Wildman–Crippen MR) is 50.0 cm³/mol. The summed E-state index contributed by atoms with van der Waals surface area (Å²) >= 11 is 0. The highest BCUT2D eigenvalue weighted by molar-refractivity contribution is 5.86. The maximum absolute atomic E-state index is 11.0. The fourth-order valence-electron chi connectivity index (χ4n) is 1.20. The summed E-state index contributed by atoms with van der Waals surface area (Å²) < 4.78 is 1.35. The summed E-state index contributed by atoms with van der Waals surface area (Å²) in [4.78, 5) is 10.6. The molecule has 0 fully saturated rings. The van der Waals surface area contributed by atoms with E-state index in [0.717, 1.165) is 0 Å². The van der Waals surface area contributed by atoms with E-state index in [1.165, 1.54) is 29.2 Å². The second kappa shape index (κ2) is 3.45. The number of benzene rings is 1. The Labute approximate surface area is 85.2 Å². The lowest BCUT2D eigenvalue weighted by Gasteiger charge is -2.07. The molecule has 5 heteroatoms. The minimum absolute atomic E-state index is 0.0892. The highest BCUT2D eigenvalue weighted by Gasteiger charge is 2.06. The Kier molecular flexibility index (Phi) is 2.13. The molecular weight excluding hydrogens is 196 g/mol. The standard InChI is InChI=1S/C10H8N2O3/c13-9-3-1-2-8(4-9)12-6-7(5-11-12)10(14)15/h1-6,13H,(H,14,15)/p-1. The molecular formula is C10H7N2O3-. The summed E-state index contributed by atoms with van der Waals surface area (Å²) in [6.07, 6.45) is 2.59. The summed E-state index contributed by atoms with van der Waals surface area (Å²) in [5.74, 6) is -1.18. The molecule has 1 aromatic carbocycles. The Morgan fingerprint density at radius 2 is 2.27 bits per heavy atom. The second-order valence-electron chi connectivity index (χ2n) is 2.98. The van der Waals surface area contributed by atoms with Gasteiger partial charge >= 0.3 is 5.97 Å². The van der Waals surface area contributed by atoms with E-state index in [-0.39, 0.29) is 11.3 Å². The van der Waals surface area contributed by atoms with Gasteiger partial charge in [0.15, 0.2) is 0 Å². The molecule has 0 spiro atoms. The van der Waals surface area contributed by atoms with E-state index in [2.05, 4.69) is 5.10 Å². The van der Waals surface area contributed by atoms with Crippen molar-refractivity contribution in [3.05, 3.63) is 42.2 Å². The van der Waals surface area contributed by atoms with Crippen molar-refractivity contribution in [1.82, 2.24) is 9.78 Å². The number of rotatable bonds is 2. The lowest BCUT2D eigenvalue weighted by molar-refractivity contribution is -0.268. The molecule has 2 aromatic rings. The van der Waals surface area contributed by atoms with Gasteiger partial charge < -0.3 is 10.2 Å². The Bertz CT molecular complexity index is 505. The number of hydrogen-bond donors (Lipinski definition) is 1. The maximum atomic E-state index is 11.0. The first-order chi connectivity index (χ1) is 7.16. The molecule has 1 aromatic heterocycles. The number of hydrogen-bond acceptors (Lipinski definition) is 3. The van der Waals surface area contributed by atoms with Crippen molar-refractivity contribution in [1.29, 1.82) is 0 Å². The third kappa shape index (κ3) is 1.80. The third-order valence-electron chi connectivity index (χ3n) is 1.91. The molecule has 0 unspecified atom stereocenters. The van der Waals surface area contributed by atoms with Gasteiger partial charge in [0.05, 0.1) is 17.4 Å². The van der Waals surface area contributed by atoms with Gasteiger partial charge in [-0.25, -0.2) is 9.48 Å². The van der Waals surface area contributed by atoms with Gasteiger partial charge in [-0.1, -0.05) is 12.1 Å². The lowest BCUT2D eigenvalue weighted by atomic mass is 10.3. The van der Waals surface area contributed by atoms with Crippen molar-refractivity contribution in [3.8, 4) is 11.4 Å². The molecule has 0 aliphatic rings. The van der Waals surface area contributed by atoms with Crippen molar-refractivity contribution in [2.75, 3.05) is 0 Å². The third-order valence-corrected chi connectivity index (χ3v) is 1.91. The Hall–Kier alpha value is -2.30. The highest BCUT2D eigenvalue weighted by atomic mass is 16.4. The molecule has 0 aliphatic heterocycles. The van der Waals surface area contributed by atoms with Crippen LogP contribution in [0.4, 0.5) is 0 Å². The molecule has 0 amide bonds. The first kappa shape index (κ1) is 9.26. The van der Waals surface area contributed by atoms with Gasteiger partial charge in [-0.15, -0.1) is 5.75 Å². The summed E-state index contributed by atoms with van der Waals surface area (Å²) in [6.45, 7) is 0. The Morgan fingerprint density at radius 1 is 1.47 bits per heavy atom. The highest BCUT2D eigenvalue weighted by Crippen LogP contribution is 2.12.